The van der Waals surface area contributed by atoms with E-state index in [1.54, 1.807) is 6.07 Å². The molecule has 13 heavy (non-hydrogen) atoms. The van der Waals surface area contributed by atoms with Crippen LogP contribution in [0.5, 0.6) is 0 Å². The smallest absolute Gasteiger partial charge is 0.284 e. The molecule has 0 radical (unpaired) electrons. The van der Waals surface area contributed by atoms with E-state index in [1.807, 2.05) is 0 Å². The van der Waals surface area contributed by atoms with Gasteiger partial charge in [-0.25, -0.2) is 8.78 Å². The summed E-state index contributed by atoms with van der Waals surface area (Å²) < 4.78 is 26.1. The van der Waals surface area contributed by atoms with Gasteiger partial charge in [-0.15, -0.1) is 11.3 Å². The molecule has 0 bridgehead atoms. The van der Waals surface area contributed by atoms with Crippen LogP contribution < -0.4 is 0 Å². The summed E-state index contributed by atoms with van der Waals surface area (Å²) in [6.45, 7) is -0.563. The van der Waals surface area contributed by atoms with Crippen LogP contribution >= 0.6 is 11.3 Å². The van der Waals surface area contributed by atoms with Crippen LogP contribution in [-0.2, 0) is 5.92 Å². The first-order valence-corrected chi connectivity index (χ1v) is 4.46. The summed E-state index contributed by atoms with van der Waals surface area (Å²) in [7, 11) is 0. The van der Waals surface area contributed by atoms with Crippen LogP contribution in [-0.4, -0.2) is 11.7 Å². The third kappa shape index (κ3) is 2.23. The van der Waals surface area contributed by atoms with Crippen molar-refractivity contribution >= 4 is 11.3 Å². The van der Waals surface area contributed by atoms with Gasteiger partial charge in [-0.3, -0.25) is 0 Å². The topological polar surface area (TPSA) is 44.0 Å². The highest BCUT2D eigenvalue weighted by molar-refractivity contribution is 7.10. The average Bonchev–Trinajstić information content (AvgIpc) is 2.52. The number of aliphatic hydroxyl groups excluding tert-OH is 1. The first kappa shape index (κ1) is 10.1. The molecule has 0 aliphatic rings. The second-order valence-corrected chi connectivity index (χ2v) is 3.40. The predicted octanol–water partition coefficient (Wildman–Crippen LogP) is 2.09. The molecular formula is C8H7F2NOS. The van der Waals surface area contributed by atoms with Crippen LogP contribution in [0.25, 0.3) is 0 Å². The fourth-order valence-corrected chi connectivity index (χ4v) is 1.69. The van der Waals surface area contributed by atoms with Gasteiger partial charge >= 0.3 is 0 Å². The van der Waals surface area contributed by atoms with Crippen molar-refractivity contribution in [3.63, 3.8) is 0 Å². The maximum atomic E-state index is 13.0. The summed E-state index contributed by atoms with van der Waals surface area (Å²) in [5.41, 5.74) is 0.234. The van der Waals surface area contributed by atoms with E-state index in [1.165, 1.54) is 5.38 Å². The SMILES string of the molecule is N#Cc1csc(C(F)(F)CCO)c1. The van der Waals surface area contributed by atoms with Crippen molar-refractivity contribution in [1.29, 1.82) is 5.26 Å². The van der Waals surface area contributed by atoms with Gasteiger partial charge in [0, 0.05) is 18.4 Å². The van der Waals surface area contributed by atoms with Gasteiger partial charge in [0.05, 0.1) is 10.4 Å². The standard InChI is InChI=1S/C8H7F2NOS/c9-8(10,1-2-12)7-3-6(4-11)5-13-7/h3,5,12H,1-2H2. The molecule has 0 fully saturated rings. The second-order valence-electron chi connectivity index (χ2n) is 2.49. The lowest BCUT2D eigenvalue weighted by Gasteiger charge is -2.11. The summed E-state index contributed by atoms with van der Waals surface area (Å²) in [4.78, 5) is -0.168. The molecule has 0 aromatic carbocycles. The minimum atomic E-state index is -3.02. The van der Waals surface area contributed by atoms with E-state index >= 15 is 0 Å². The Balaban J connectivity index is 2.88. The molecule has 0 atom stereocenters. The minimum absolute atomic E-state index is 0.168. The lowest BCUT2D eigenvalue weighted by Crippen LogP contribution is -2.13. The van der Waals surface area contributed by atoms with Crippen molar-refractivity contribution < 1.29 is 13.9 Å². The van der Waals surface area contributed by atoms with Gasteiger partial charge in [0.1, 0.15) is 6.07 Å². The van der Waals surface area contributed by atoms with Crippen molar-refractivity contribution in [2.75, 3.05) is 6.61 Å². The molecule has 2 nitrogen and oxygen atoms in total. The Hall–Kier alpha value is -0.990. The number of aliphatic hydroxyl groups is 1. The molecular weight excluding hydrogens is 196 g/mol. The van der Waals surface area contributed by atoms with E-state index in [0.717, 1.165) is 17.4 Å². The Kier molecular flexibility index (Phi) is 2.96. The molecule has 1 heterocycles. The minimum Gasteiger partial charge on any atom is -0.396 e. The highest BCUT2D eigenvalue weighted by Gasteiger charge is 2.32. The largest absolute Gasteiger partial charge is 0.396 e. The highest BCUT2D eigenvalue weighted by Crippen LogP contribution is 2.35. The van der Waals surface area contributed by atoms with Crippen LogP contribution in [0, 0.1) is 11.3 Å². The number of hydrogen-bond acceptors (Lipinski definition) is 3. The zero-order valence-electron chi connectivity index (χ0n) is 6.63. The molecule has 0 saturated carbocycles. The van der Waals surface area contributed by atoms with Crippen molar-refractivity contribution in [1.82, 2.24) is 0 Å². The third-order valence-electron chi connectivity index (χ3n) is 1.51. The van der Waals surface area contributed by atoms with Gasteiger partial charge in [-0.05, 0) is 6.07 Å². The number of hydrogen-bond donors (Lipinski definition) is 1. The van der Waals surface area contributed by atoms with Crippen LogP contribution in [0.1, 0.15) is 16.9 Å². The number of rotatable bonds is 3. The van der Waals surface area contributed by atoms with Crippen molar-refractivity contribution in [3.8, 4) is 6.07 Å². The molecule has 1 rings (SSSR count). The maximum Gasteiger partial charge on any atom is 0.284 e. The second kappa shape index (κ2) is 3.81. The molecule has 1 N–H and O–H groups in total. The molecule has 0 saturated heterocycles. The van der Waals surface area contributed by atoms with E-state index in [2.05, 4.69) is 0 Å². The zero-order chi connectivity index (χ0) is 9.90. The Bertz CT molecular complexity index is 329. The summed E-state index contributed by atoms with van der Waals surface area (Å²) in [5, 5.41) is 18.2. The Morgan fingerprint density at radius 3 is 2.77 bits per heavy atom. The summed E-state index contributed by atoms with van der Waals surface area (Å²) in [5.74, 6) is -3.02. The highest BCUT2D eigenvalue weighted by atomic mass is 32.1. The van der Waals surface area contributed by atoms with Crippen LogP contribution in [0.15, 0.2) is 11.4 Å². The van der Waals surface area contributed by atoms with Crippen LogP contribution in [0.4, 0.5) is 8.78 Å². The first-order chi connectivity index (χ1) is 6.10. The number of nitriles is 1. The monoisotopic (exact) mass is 203 g/mol. The summed E-state index contributed by atoms with van der Waals surface area (Å²) in [6.07, 6.45) is -0.599. The van der Waals surface area contributed by atoms with Crippen molar-refractivity contribution in [2.45, 2.75) is 12.3 Å². The molecule has 0 unspecified atom stereocenters. The molecule has 1 aromatic rings. The van der Waals surface area contributed by atoms with E-state index in [4.69, 9.17) is 10.4 Å². The van der Waals surface area contributed by atoms with E-state index in [0.29, 0.717) is 0 Å². The van der Waals surface area contributed by atoms with Gasteiger partial charge in [0.25, 0.3) is 5.92 Å². The number of halogens is 2. The molecule has 0 aliphatic carbocycles. The summed E-state index contributed by atoms with van der Waals surface area (Å²) in [6, 6.07) is 2.93. The predicted molar refractivity (Wildman–Crippen MR) is 44.6 cm³/mol. The fraction of sp³-hybridized carbons (Fsp3) is 0.375. The Morgan fingerprint density at radius 2 is 2.31 bits per heavy atom. The van der Waals surface area contributed by atoms with Crippen LogP contribution in [0.3, 0.4) is 0 Å². The maximum absolute atomic E-state index is 13.0. The molecule has 5 heteroatoms. The van der Waals surface area contributed by atoms with Gasteiger partial charge in [0.15, 0.2) is 0 Å². The normalized spacial score (nSPS) is 11.2. The number of nitrogens with zero attached hydrogens (tertiary/aromatic N) is 1. The van der Waals surface area contributed by atoms with Gasteiger partial charge in [0.2, 0.25) is 0 Å². The van der Waals surface area contributed by atoms with E-state index in [-0.39, 0.29) is 10.4 Å². The molecule has 0 amide bonds. The van der Waals surface area contributed by atoms with Crippen LogP contribution in [0.2, 0.25) is 0 Å². The van der Waals surface area contributed by atoms with Gasteiger partial charge < -0.3 is 5.11 Å². The molecule has 1 aromatic heterocycles. The number of thiophene rings is 1. The summed E-state index contributed by atoms with van der Waals surface area (Å²) >= 11 is 0.837. The first-order valence-electron chi connectivity index (χ1n) is 3.58. The fourth-order valence-electron chi connectivity index (χ4n) is 0.850. The lowest BCUT2D eigenvalue weighted by molar-refractivity contribution is -0.0234. The third-order valence-corrected chi connectivity index (χ3v) is 2.56. The van der Waals surface area contributed by atoms with Crippen molar-refractivity contribution in [3.05, 3.63) is 21.9 Å². The molecule has 0 aliphatic heterocycles. The van der Waals surface area contributed by atoms with E-state index in [9.17, 15) is 8.78 Å². The Morgan fingerprint density at radius 1 is 1.62 bits per heavy atom. The Labute approximate surface area is 78.0 Å². The average molecular weight is 203 g/mol. The van der Waals surface area contributed by atoms with E-state index < -0.39 is 19.0 Å². The lowest BCUT2D eigenvalue weighted by atomic mass is 10.2. The zero-order valence-corrected chi connectivity index (χ0v) is 7.44. The van der Waals surface area contributed by atoms with Gasteiger partial charge in [-0.2, -0.15) is 5.26 Å². The quantitative estimate of drug-likeness (QED) is 0.817. The number of alkyl halides is 2. The van der Waals surface area contributed by atoms with Crippen molar-refractivity contribution in [2.24, 2.45) is 0 Å². The van der Waals surface area contributed by atoms with Gasteiger partial charge in [-0.1, -0.05) is 0 Å². The molecule has 0 spiro atoms. The molecule has 70 valence electrons.